The van der Waals surface area contributed by atoms with Crippen LogP contribution in [0.15, 0.2) is 72.8 Å². The van der Waals surface area contributed by atoms with E-state index in [9.17, 15) is 9.59 Å². The smallest absolute Gasteiger partial charge is 0.338 e. The van der Waals surface area contributed by atoms with E-state index in [-0.39, 0.29) is 12.2 Å². The average Bonchev–Trinajstić information content (AvgIpc) is 3.05. The van der Waals surface area contributed by atoms with Crippen molar-refractivity contribution in [2.45, 2.75) is 19.9 Å². The zero-order valence-corrected chi connectivity index (χ0v) is 20.8. The molecule has 0 amide bonds. The highest BCUT2D eigenvalue weighted by molar-refractivity contribution is 9.10. The van der Waals surface area contributed by atoms with E-state index in [2.05, 4.69) is 31.9 Å². The van der Waals surface area contributed by atoms with Gasteiger partial charge in [0.2, 0.25) is 0 Å². The van der Waals surface area contributed by atoms with E-state index in [1.54, 1.807) is 13.8 Å². The van der Waals surface area contributed by atoms with Crippen LogP contribution in [-0.2, 0) is 9.53 Å². The summed E-state index contributed by atoms with van der Waals surface area (Å²) in [6, 6.07) is 14.8. The Balaban J connectivity index is 1.93. The monoisotopic (exact) mass is 560 g/mol. The number of hydrogen-bond donors (Lipinski definition) is 0. The Bertz CT molecular complexity index is 1350. The van der Waals surface area contributed by atoms with Crippen molar-refractivity contribution in [1.29, 1.82) is 0 Å². The van der Waals surface area contributed by atoms with Crippen molar-refractivity contribution in [2.75, 3.05) is 6.61 Å². The minimum absolute atomic E-state index is 0.194. The molecule has 8 heteroatoms. The van der Waals surface area contributed by atoms with Crippen molar-refractivity contribution >= 4 is 60.9 Å². The molecular weight excluding hydrogens is 544 g/mol. The van der Waals surface area contributed by atoms with Crippen LogP contribution in [0.3, 0.4) is 0 Å². The number of esters is 1. The first-order valence-corrected chi connectivity index (χ1v) is 12.0. The van der Waals surface area contributed by atoms with Crippen LogP contribution < -0.4 is 14.9 Å². The van der Waals surface area contributed by atoms with Gasteiger partial charge in [0.1, 0.15) is 6.04 Å². The molecule has 0 N–H and O–H groups in total. The molecule has 1 atom stereocenters. The van der Waals surface area contributed by atoms with Crippen LogP contribution in [-0.4, -0.2) is 17.1 Å². The topological polar surface area (TPSA) is 60.7 Å². The minimum Gasteiger partial charge on any atom is -0.463 e. The van der Waals surface area contributed by atoms with Crippen LogP contribution in [0.2, 0.25) is 0 Å². The van der Waals surface area contributed by atoms with Crippen molar-refractivity contribution in [1.82, 2.24) is 4.57 Å². The number of carbonyl (C=O) groups is 1. The van der Waals surface area contributed by atoms with Gasteiger partial charge in [0.25, 0.3) is 5.56 Å². The molecule has 0 radical (unpaired) electrons. The van der Waals surface area contributed by atoms with Crippen LogP contribution in [0, 0.1) is 0 Å². The number of thiazole rings is 1. The lowest BCUT2D eigenvalue weighted by Gasteiger charge is -2.22. The zero-order valence-electron chi connectivity index (χ0n) is 16.8. The Labute approximate surface area is 199 Å². The summed E-state index contributed by atoms with van der Waals surface area (Å²) in [6.07, 6.45) is 1.84. The summed E-state index contributed by atoms with van der Waals surface area (Å²) in [6.45, 7) is 3.78. The second-order valence-corrected chi connectivity index (χ2v) is 9.73. The molecule has 3 aromatic rings. The summed E-state index contributed by atoms with van der Waals surface area (Å²) in [4.78, 5) is 31.4. The molecule has 0 saturated carbocycles. The summed E-state index contributed by atoms with van der Waals surface area (Å²) in [5, 5.41) is 0. The van der Waals surface area contributed by atoms with Gasteiger partial charge in [0.15, 0.2) is 4.80 Å². The van der Waals surface area contributed by atoms with Crippen LogP contribution in [0.1, 0.15) is 31.0 Å². The van der Waals surface area contributed by atoms with Gasteiger partial charge in [-0.1, -0.05) is 67.5 Å². The molecule has 0 bridgehead atoms. The maximum absolute atomic E-state index is 13.2. The molecule has 31 heavy (non-hydrogen) atoms. The summed E-state index contributed by atoms with van der Waals surface area (Å²) in [5.74, 6) is -0.459. The quantitative estimate of drug-likeness (QED) is 0.443. The first-order valence-electron chi connectivity index (χ1n) is 9.59. The molecule has 0 unspecified atom stereocenters. The van der Waals surface area contributed by atoms with E-state index in [1.165, 1.54) is 15.9 Å². The summed E-state index contributed by atoms with van der Waals surface area (Å²) < 4.78 is 9.28. The highest BCUT2D eigenvalue weighted by Crippen LogP contribution is 2.32. The third-order valence-electron chi connectivity index (χ3n) is 4.89. The number of hydrogen-bond acceptors (Lipinski definition) is 5. The number of rotatable bonds is 4. The van der Waals surface area contributed by atoms with Crippen LogP contribution >= 0.6 is 43.2 Å². The first kappa shape index (κ1) is 21.9. The summed E-state index contributed by atoms with van der Waals surface area (Å²) in [5.41, 5.74) is 2.51. The lowest BCUT2D eigenvalue weighted by Crippen LogP contribution is -2.35. The number of allylic oxidation sites excluding steroid dienone is 1. The number of aromatic nitrogens is 1. The fourth-order valence-electron chi connectivity index (χ4n) is 3.41. The molecule has 158 valence electrons. The molecule has 0 aliphatic carbocycles. The number of nitrogens with zero attached hydrogens (tertiary/aromatic N) is 2. The molecule has 0 saturated heterocycles. The SMILES string of the molecule is CCOC(=O)C1=C(C)n2c(s/c(=C\c3ccc(Br)cc3)c2=O)=N[C@@H]1c1ccc(Br)cc1. The van der Waals surface area contributed by atoms with Gasteiger partial charge < -0.3 is 4.74 Å². The fourth-order valence-corrected chi connectivity index (χ4v) is 4.98. The lowest BCUT2D eigenvalue weighted by atomic mass is 9.97. The minimum atomic E-state index is -0.536. The van der Waals surface area contributed by atoms with Crippen LogP contribution in [0.5, 0.6) is 0 Å². The second kappa shape index (κ2) is 9.06. The maximum Gasteiger partial charge on any atom is 0.338 e. The van der Waals surface area contributed by atoms with Crippen molar-refractivity contribution < 1.29 is 9.53 Å². The van der Waals surface area contributed by atoms with Crippen LogP contribution in [0.4, 0.5) is 0 Å². The third kappa shape index (κ3) is 4.37. The average molecular weight is 562 g/mol. The largest absolute Gasteiger partial charge is 0.463 e. The number of carbonyl (C=O) groups excluding carboxylic acids is 1. The number of fused-ring (bicyclic) bond motifs is 1. The molecule has 1 aliphatic heterocycles. The van der Waals surface area contributed by atoms with Gasteiger partial charge >= 0.3 is 5.97 Å². The van der Waals surface area contributed by atoms with E-state index in [4.69, 9.17) is 9.73 Å². The Morgan fingerprint density at radius 1 is 1.13 bits per heavy atom. The van der Waals surface area contributed by atoms with Gasteiger partial charge in [-0.25, -0.2) is 9.79 Å². The number of ether oxygens (including phenoxy) is 1. The molecule has 2 heterocycles. The van der Waals surface area contributed by atoms with E-state index in [0.29, 0.717) is 20.6 Å². The zero-order chi connectivity index (χ0) is 22.1. The number of benzene rings is 2. The van der Waals surface area contributed by atoms with Crippen molar-refractivity contribution in [3.8, 4) is 0 Å². The van der Waals surface area contributed by atoms with E-state index in [1.807, 2.05) is 54.6 Å². The Kier molecular flexibility index (Phi) is 6.41. The van der Waals surface area contributed by atoms with Gasteiger partial charge in [-0.15, -0.1) is 0 Å². The Hall–Kier alpha value is -2.29. The Morgan fingerprint density at radius 2 is 1.74 bits per heavy atom. The lowest BCUT2D eigenvalue weighted by molar-refractivity contribution is -0.138. The van der Waals surface area contributed by atoms with Gasteiger partial charge in [-0.2, -0.15) is 0 Å². The van der Waals surface area contributed by atoms with Crippen molar-refractivity contribution in [2.24, 2.45) is 4.99 Å². The normalized spacial score (nSPS) is 16.1. The number of halogens is 2. The van der Waals surface area contributed by atoms with Crippen molar-refractivity contribution in [3.05, 3.63) is 93.9 Å². The highest BCUT2D eigenvalue weighted by Gasteiger charge is 2.31. The van der Waals surface area contributed by atoms with Gasteiger partial charge in [0.05, 0.1) is 16.7 Å². The summed E-state index contributed by atoms with van der Waals surface area (Å²) in [7, 11) is 0. The molecule has 1 aliphatic rings. The van der Waals surface area contributed by atoms with E-state index in [0.717, 1.165) is 20.1 Å². The molecule has 0 spiro atoms. The summed E-state index contributed by atoms with van der Waals surface area (Å²) >= 11 is 8.18. The van der Waals surface area contributed by atoms with Gasteiger partial charge in [-0.3, -0.25) is 9.36 Å². The maximum atomic E-state index is 13.2. The Morgan fingerprint density at radius 3 is 2.35 bits per heavy atom. The standard InChI is InChI=1S/C23H18Br2N2O3S/c1-3-30-22(29)19-13(2)27-21(28)18(12-14-4-8-16(24)9-5-14)31-23(27)26-20(19)15-6-10-17(25)11-7-15/h4-12,20H,3H2,1-2H3/b18-12-/t20-/m1/s1. The molecule has 4 rings (SSSR count). The van der Waals surface area contributed by atoms with E-state index < -0.39 is 12.0 Å². The molecule has 2 aromatic carbocycles. The van der Waals surface area contributed by atoms with E-state index >= 15 is 0 Å². The van der Waals surface area contributed by atoms with Crippen molar-refractivity contribution in [3.63, 3.8) is 0 Å². The van der Waals surface area contributed by atoms with Gasteiger partial charge in [0, 0.05) is 14.6 Å². The molecule has 5 nitrogen and oxygen atoms in total. The molecular formula is C23H18Br2N2O3S. The second-order valence-electron chi connectivity index (χ2n) is 6.89. The first-order chi connectivity index (χ1) is 14.9. The predicted octanol–water partition coefficient (Wildman–Crippen LogP) is 4.43. The highest BCUT2D eigenvalue weighted by atomic mass is 79.9. The predicted molar refractivity (Wildman–Crippen MR) is 129 cm³/mol. The third-order valence-corrected chi connectivity index (χ3v) is 6.93. The fraction of sp³-hybridized carbons (Fsp3) is 0.174. The van der Waals surface area contributed by atoms with Gasteiger partial charge in [-0.05, 0) is 55.3 Å². The molecule has 1 aromatic heterocycles. The van der Waals surface area contributed by atoms with Crippen LogP contribution in [0.25, 0.3) is 11.8 Å². The molecule has 0 fully saturated rings.